The number of carbonyl (C=O) groups is 2. The Bertz CT molecular complexity index is 386. The fourth-order valence-corrected chi connectivity index (χ4v) is 3.68. The highest BCUT2D eigenvalue weighted by Crippen LogP contribution is 2.43. The molecule has 19 heavy (non-hydrogen) atoms. The van der Waals surface area contributed by atoms with Gasteiger partial charge in [0.05, 0.1) is 0 Å². The summed E-state index contributed by atoms with van der Waals surface area (Å²) in [6, 6.07) is 0.456. The first kappa shape index (κ1) is 12.9. The molecular weight excluding hydrogens is 244 g/mol. The first-order chi connectivity index (χ1) is 9.13. The fourth-order valence-electron chi connectivity index (χ4n) is 3.68. The van der Waals surface area contributed by atoms with Gasteiger partial charge in [0.1, 0.15) is 5.41 Å². The highest BCUT2D eigenvalue weighted by Gasteiger charge is 2.53. The number of carboxylic acids is 1. The lowest BCUT2D eigenvalue weighted by Crippen LogP contribution is -2.52. The summed E-state index contributed by atoms with van der Waals surface area (Å²) in [5, 5.41) is 9.33. The van der Waals surface area contributed by atoms with Crippen molar-refractivity contribution in [3.05, 3.63) is 0 Å². The van der Waals surface area contributed by atoms with E-state index in [-0.39, 0.29) is 5.91 Å². The molecule has 1 aliphatic carbocycles. The normalized spacial score (nSPS) is 30.3. The van der Waals surface area contributed by atoms with Crippen molar-refractivity contribution in [3.63, 3.8) is 0 Å². The minimum Gasteiger partial charge on any atom is -0.480 e. The molecule has 1 atom stereocenters. The average Bonchev–Trinajstić information content (AvgIpc) is 2.98. The Morgan fingerprint density at radius 2 is 1.74 bits per heavy atom. The molecule has 1 unspecified atom stereocenters. The first-order valence-corrected chi connectivity index (χ1v) is 7.40. The van der Waals surface area contributed by atoms with Crippen LogP contribution in [0.4, 0.5) is 0 Å². The van der Waals surface area contributed by atoms with Gasteiger partial charge < -0.3 is 10.0 Å². The van der Waals surface area contributed by atoms with E-state index < -0.39 is 11.4 Å². The number of nitrogens with zero attached hydrogens (tertiary/aromatic N) is 2. The highest BCUT2D eigenvalue weighted by atomic mass is 16.4. The van der Waals surface area contributed by atoms with Crippen LogP contribution in [0.5, 0.6) is 0 Å². The van der Waals surface area contributed by atoms with Crippen molar-refractivity contribution in [1.29, 1.82) is 0 Å². The summed E-state index contributed by atoms with van der Waals surface area (Å²) in [5.41, 5.74) is -1.08. The quantitative estimate of drug-likeness (QED) is 0.772. The number of aliphatic carboxylic acids is 1. The van der Waals surface area contributed by atoms with Crippen molar-refractivity contribution in [1.82, 2.24) is 9.80 Å². The van der Waals surface area contributed by atoms with E-state index in [2.05, 4.69) is 4.90 Å². The van der Waals surface area contributed by atoms with Gasteiger partial charge in [-0.2, -0.15) is 0 Å². The lowest BCUT2D eigenvalue weighted by molar-refractivity contribution is -0.167. The molecule has 0 aromatic rings. The van der Waals surface area contributed by atoms with E-state index in [1.165, 1.54) is 12.8 Å². The third-order valence-corrected chi connectivity index (χ3v) is 5.13. The molecule has 1 N–H and O–H groups in total. The van der Waals surface area contributed by atoms with Crippen LogP contribution in [0.25, 0.3) is 0 Å². The zero-order valence-electron chi connectivity index (χ0n) is 11.3. The molecule has 3 fully saturated rings. The molecule has 2 saturated heterocycles. The van der Waals surface area contributed by atoms with Crippen LogP contribution in [0.3, 0.4) is 0 Å². The highest BCUT2D eigenvalue weighted by molar-refractivity contribution is 6.02. The van der Waals surface area contributed by atoms with Crippen molar-refractivity contribution in [2.75, 3.05) is 26.2 Å². The van der Waals surface area contributed by atoms with E-state index in [0.29, 0.717) is 18.9 Å². The van der Waals surface area contributed by atoms with Gasteiger partial charge in [0.15, 0.2) is 0 Å². The predicted molar refractivity (Wildman–Crippen MR) is 69.7 cm³/mol. The summed E-state index contributed by atoms with van der Waals surface area (Å²) in [4.78, 5) is 28.1. The maximum atomic E-state index is 12.5. The number of carboxylic acid groups (broad SMARTS) is 1. The largest absolute Gasteiger partial charge is 0.480 e. The van der Waals surface area contributed by atoms with Crippen molar-refractivity contribution in [2.45, 2.75) is 44.6 Å². The molecule has 0 spiro atoms. The molecule has 3 aliphatic rings. The van der Waals surface area contributed by atoms with Gasteiger partial charge in [-0.3, -0.25) is 14.5 Å². The van der Waals surface area contributed by atoms with Gasteiger partial charge in [-0.1, -0.05) is 6.42 Å². The van der Waals surface area contributed by atoms with Crippen LogP contribution in [-0.2, 0) is 9.59 Å². The summed E-state index contributed by atoms with van der Waals surface area (Å²) in [6.45, 7) is 3.73. The molecule has 5 heteroatoms. The minimum atomic E-state index is -1.08. The van der Waals surface area contributed by atoms with Crippen molar-refractivity contribution in [3.8, 4) is 0 Å². The Kier molecular flexibility index (Phi) is 3.25. The van der Waals surface area contributed by atoms with Gasteiger partial charge in [0.25, 0.3) is 0 Å². The Labute approximate surface area is 113 Å². The summed E-state index contributed by atoms with van der Waals surface area (Å²) in [5.74, 6) is -1.05. The van der Waals surface area contributed by atoms with E-state index in [9.17, 15) is 14.7 Å². The molecule has 2 aliphatic heterocycles. The maximum Gasteiger partial charge on any atom is 0.319 e. The average molecular weight is 266 g/mol. The summed E-state index contributed by atoms with van der Waals surface area (Å²) >= 11 is 0. The lowest BCUT2D eigenvalue weighted by atomic mass is 9.68. The Balaban J connectivity index is 1.64. The van der Waals surface area contributed by atoms with Gasteiger partial charge in [0.2, 0.25) is 5.91 Å². The standard InChI is InChI=1S/C14H22N2O3/c17-12(14(13(18)19)5-3-6-14)16-9-4-11(10-16)15-7-1-2-8-15/h11H,1-10H2,(H,18,19). The predicted octanol–water partition coefficient (Wildman–Crippen LogP) is 0.938. The van der Waals surface area contributed by atoms with E-state index >= 15 is 0 Å². The second-order valence-electron chi connectivity index (χ2n) is 6.18. The van der Waals surface area contributed by atoms with Gasteiger partial charge in [-0.15, -0.1) is 0 Å². The number of amides is 1. The van der Waals surface area contributed by atoms with Crippen LogP contribution < -0.4 is 0 Å². The van der Waals surface area contributed by atoms with Crippen LogP contribution >= 0.6 is 0 Å². The second-order valence-corrected chi connectivity index (χ2v) is 6.18. The van der Waals surface area contributed by atoms with Crippen LogP contribution in [0.1, 0.15) is 38.5 Å². The van der Waals surface area contributed by atoms with Crippen LogP contribution in [0.2, 0.25) is 0 Å². The first-order valence-electron chi connectivity index (χ1n) is 7.40. The van der Waals surface area contributed by atoms with E-state index in [1.54, 1.807) is 4.90 Å². The van der Waals surface area contributed by atoms with Crippen molar-refractivity contribution < 1.29 is 14.7 Å². The number of likely N-dealkylation sites (tertiary alicyclic amines) is 2. The third-order valence-electron chi connectivity index (χ3n) is 5.13. The van der Waals surface area contributed by atoms with Gasteiger partial charge in [-0.05, 0) is 45.2 Å². The Morgan fingerprint density at radius 3 is 2.26 bits per heavy atom. The van der Waals surface area contributed by atoms with Gasteiger partial charge in [-0.25, -0.2) is 0 Å². The molecule has 0 radical (unpaired) electrons. The van der Waals surface area contributed by atoms with Crippen molar-refractivity contribution >= 4 is 11.9 Å². The minimum absolute atomic E-state index is 0.132. The molecule has 3 rings (SSSR count). The van der Waals surface area contributed by atoms with Crippen molar-refractivity contribution in [2.24, 2.45) is 5.41 Å². The Morgan fingerprint density at radius 1 is 1.05 bits per heavy atom. The molecule has 5 nitrogen and oxygen atoms in total. The molecular formula is C14H22N2O3. The monoisotopic (exact) mass is 266 g/mol. The molecule has 0 aromatic carbocycles. The fraction of sp³-hybridized carbons (Fsp3) is 0.857. The third kappa shape index (κ3) is 2.04. The van der Waals surface area contributed by atoms with Crippen LogP contribution in [0.15, 0.2) is 0 Å². The summed E-state index contributed by atoms with van der Waals surface area (Å²) in [6.07, 6.45) is 5.41. The number of hydrogen-bond acceptors (Lipinski definition) is 3. The molecule has 106 valence electrons. The number of carbonyl (C=O) groups excluding carboxylic acids is 1. The topological polar surface area (TPSA) is 60.9 Å². The smallest absolute Gasteiger partial charge is 0.319 e. The summed E-state index contributed by atoms with van der Waals surface area (Å²) in [7, 11) is 0. The van der Waals surface area contributed by atoms with Gasteiger partial charge in [0, 0.05) is 19.1 Å². The van der Waals surface area contributed by atoms with E-state index in [0.717, 1.165) is 39.0 Å². The number of rotatable bonds is 3. The molecule has 1 saturated carbocycles. The van der Waals surface area contributed by atoms with Gasteiger partial charge >= 0.3 is 5.97 Å². The number of hydrogen-bond donors (Lipinski definition) is 1. The van der Waals surface area contributed by atoms with Crippen LogP contribution in [0, 0.1) is 5.41 Å². The molecule has 0 aromatic heterocycles. The zero-order valence-corrected chi connectivity index (χ0v) is 11.3. The maximum absolute atomic E-state index is 12.5. The Hall–Kier alpha value is -1.10. The van der Waals surface area contributed by atoms with E-state index in [1.807, 2.05) is 0 Å². The zero-order chi connectivity index (χ0) is 13.5. The molecule has 2 heterocycles. The van der Waals surface area contributed by atoms with Crippen LogP contribution in [-0.4, -0.2) is 59.0 Å². The SMILES string of the molecule is O=C(O)C1(C(=O)N2CCC(N3CCCC3)C2)CCC1. The second kappa shape index (κ2) is 4.78. The summed E-state index contributed by atoms with van der Waals surface area (Å²) < 4.78 is 0. The van der Waals surface area contributed by atoms with E-state index in [4.69, 9.17) is 0 Å². The molecule has 1 amide bonds. The lowest BCUT2D eigenvalue weighted by Gasteiger charge is -2.39. The molecule has 0 bridgehead atoms.